The molecule has 0 N–H and O–H groups in total. The molecule has 1 aliphatic rings. The van der Waals surface area contributed by atoms with Crippen LogP contribution in [0.1, 0.15) is 10.4 Å². The molecule has 2 heterocycles. The normalized spacial score (nSPS) is 14.9. The van der Waals surface area contributed by atoms with Crippen molar-refractivity contribution in [2.24, 2.45) is 7.05 Å². The number of hydrogen-bond acceptors (Lipinski definition) is 4. The maximum Gasteiger partial charge on any atom is 0.254 e. The monoisotopic (exact) mass is 334 g/mol. The van der Waals surface area contributed by atoms with Crippen molar-refractivity contribution >= 4 is 23.2 Å². The maximum atomic E-state index is 12.6. The lowest BCUT2D eigenvalue weighted by molar-refractivity contribution is 0.0746. The topological polar surface area (TPSA) is 50.6 Å². The molecule has 1 aromatic carbocycles. The maximum absolute atomic E-state index is 12.6. The Kier molecular flexibility index (Phi) is 4.43. The summed E-state index contributed by atoms with van der Waals surface area (Å²) in [5.74, 6) is 0.525. The number of carbonyl (C=O) groups is 1. The van der Waals surface area contributed by atoms with Crippen molar-refractivity contribution in [1.82, 2.24) is 14.7 Å². The van der Waals surface area contributed by atoms with Crippen LogP contribution in [0.4, 0.5) is 5.69 Å². The lowest BCUT2D eigenvalue weighted by Crippen LogP contribution is -2.48. The van der Waals surface area contributed by atoms with Gasteiger partial charge in [-0.2, -0.15) is 5.10 Å². The van der Waals surface area contributed by atoms with Gasteiger partial charge in [0, 0.05) is 45.0 Å². The largest absolute Gasteiger partial charge is 0.495 e. The Morgan fingerprint density at radius 3 is 2.61 bits per heavy atom. The van der Waals surface area contributed by atoms with Crippen molar-refractivity contribution in [3.8, 4) is 5.75 Å². The number of piperazine rings is 1. The van der Waals surface area contributed by atoms with Gasteiger partial charge in [0.05, 0.1) is 24.0 Å². The van der Waals surface area contributed by atoms with E-state index in [1.165, 1.54) is 0 Å². The zero-order valence-electron chi connectivity index (χ0n) is 13.2. The quantitative estimate of drug-likeness (QED) is 0.862. The molecule has 0 bridgehead atoms. The molecule has 3 rings (SSSR count). The van der Waals surface area contributed by atoms with Gasteiger partial charge in [0.1, 0.15) is 5.75 Å². The summed E-state index contributed by atoms with van der Waals surface area (Å²) in [4.78, 5) is 16.7. The molecule has 6 nitrogen and oxygen atoms in total. The number of benzene rings is 1. The predicted molar refractivity (Wildman–Crippen MR) is 89.3 cm³/mol. The summed E-state index contributed by atoms with van der Waals surface area (Å²) >= 11 is 6.01. The van der Waals surface area contributed by atoms with Gasteiger partial charge < -0.3 is 14.5 Å². The zero-order chi connectivity index (χ0) is 16.4. The van der Waals surface area contributed by atoms with E-state index in [1.807, 2.05) is 24.3 Å². The number of rotatable bonds is 3. The van der Waals surface area contributed by atoms with E-state index in [1.54, 1.807) is 30.0 Å². The van der Waals surface area contributed by atoms with Crippen LogP contribution in [0.2, 0.25) is 5.02 Å². The van der Waals surface area contributed by atoms with Gasteiger partial charge in [0.25, 0.3) is 5.91 Å². The van der Waals surface area contributed by atoms with Crippen LogP contribution in [-0.2, 0) is 7.05 Å². The number of amides is 1. The van der Waals surface area contributed by atoms with Crippen LogP contribution in [0.5, 0.6) is 5.75 Å². The minimum absolute atomic E-state index is 0.00537. The number of ether oxygens (including phenoxy) is 1. The van der Waals surface area contributed by atoms with Crippen molar-refractivity contribution < 1.29 is 9.53 Å². The summed E-state index contributed by atoms with van der Waals surface area (Å²) in [7, 11) is 3.44. The highest BCUT2D eigenvalue weighted by Gasteiger charge is 2.23. The summed E-state index contributed by atoms with van der Waals surface area (Å²) in [6, 6.07) is 5.12. The number of halogens is 1. The van der Waals surface area contributed by atoms with E-state index >= 15 is 0 Å². The Labute approximate surface area is 140 Å². The number of hydrogen-bond donors (Lipinski definition) is 0. The van der Waals surface area contributed by atoms with Crippen LogP contribution < -0.4 is 9.64 Å². The average molecular weight is 335 g/mol. The molecule has 122 valence electrons. The molecule has 1 amide bonds. The molecule has 23 heavy (non-hydrogen) atoms. The Morgan fingerprint density at radius 1 is 1.26 bits per heavy atom. The second-order valence-electron chi connectivity index (χ2n) is 5.50. The van der Waals surface area contributed by atoms with Gasteiger partial charge in [0.2, 0.25) is 0 Å². The highest BCUT2D eigenvalue weighted by molar-refractivity contribution is 6.32. The summed E-state index contributed by atoms with van der Waals surface area (Å²) in [5.41, 5.74) is 1.69. The van der Waals surface area contributed by atoms with E-state index in [-0.39, 0.29) is 5.91 Å². The fourth-order valence-corrected chi connectivity index (χ4v) is 2.91. The van der Waals surface area contributed by atoms with Gasteiger partial charge >= 0.3 is 0 Å². The summed E-state index contributed by atoms with van der Waals surface area (Å²) in [5, 5.41) is 4.69. The van der Waals surface area contributed by atoms with Gasteiger partial charge in [-0.1, -0.05) is 11.6 Å². The Bertz CT molecular complexity index is 708. The van der Waals surface area contributed by atoms with Crippen molar-refractivity contribution in [2.75, 3.05) is 38.2 Å². The van der Waals surface area contributed by atoms with E-state index in [2.05, 4.69) is 10.00 Å². The fourth-order valence-electron chi connectivity index (χ4n) is 2.71. The zero-order valence-corrected chi connectivity index (χ0v) is 14.0. The summed E-state index contributed by atoms with van der Waals surface area (Å²) < 4.78 is 6.96. The SMILES string of the molecule is COc1cc(C(=O)N2CCN(c3cnn(C)c3)CC2)ccc1Cl. The lowest BCUT2D eigenvalue weighted by Gasteiger charge is -2.35. The van der Waals surface area contributed by atoms with Crippen LogP contribution >= 0.6 is 11.6 Å². The first-order valence-electron chi connectivity index (χ1n) is 7.45. The summed E-state index contributed by atoms with van der Waals surface area (Å²) in [6.07, 6.45) is 3.84. The molecular weight excluding hydrogens is 316 g/mol. The first-order chi connectivity index (χ1) is 11.1. The molecule has 0 unspecified atom stereocenters. The van der Waals surface area contributed by atoms with E-state index in [4.69, 9.17) is 16.3 Å². The number of nitrogens with zero attached hydrogens (tertiary/aromatic N) is 4. The molecule has 0 spiro atoms. The second-order valence-corrected chi connectivity index (χ2v) is 5.91. The van der Waals surface area contributed by atoms with Gasteiger partial charge in [-0.3, -0.25) is 9.48 Å². The fraction of sp³-hybridized carbons (Fsp3) is 0.375. The minimum Gasteiger partial charge on any atom is -0.495 e. The molecule has 2 aromatic rings. The van der Waals surface area contributed by atoms with Gasteiger partial charge in [0.15, 0.2) is 0 Å². The smallest absolute Gasteiger partial charge is 0.254 e. The van der Waals surface area contributed by atoms with E-state index < -0.39 is 0 Å². The average Bonchev–Trinajstić information content (AvgIpc) is 3.01. The van der Waals surface area contributed by atoms with Crippen molar-refractivity contribution in [1.29, 1.82) is 0 Å². The number of aromatic nitrogens is 2. The third-order valence-corrected chi connectivity index (χ3v) is 4.33. The number of methoxy groups -OCH3 is 1. The van der Waals surface area contributed by atoms with Crippen LogP contribution in [0.3, 0.4) is 0 Å². The van der Waals surface area contributed by atoms with Gasteiger partial charge in [-0.25, -0.2) is 0 Å². The minimum atomic E-state index is 0.00537. The van der Waals surface area contributed by atoms with Gasteiger partial charge in [-0.05, 0) is 18.2 Å². The van der Waals surface area contributed by atoms with E-state index in [9.17, 15) is 4.79 Å². The van der Waals surface area contributed by atoms with E-state index in [0.29, 0.717) is 29.4 Å². The first-order valence-corrected chi connectivity index (χ1v) is 7.82. The molecule has 0 radical (unpaired) electrons. The highest BCUT2D eigenvalue weighted by atomic mass is 35.5. The molecule has 0 aliphatic carbocycles. The molecule has 1 aliphatic heterocycles. The van der Waals surface area contributed by atoms with Crippen LogP contribution in [0.15, 0.2) is 30.6 Å². The predicted octanol–water partition coefficient (Wildman–Crippen LogP) is 2.04. The Morgan fingerprint density at radius 2 is 2.00 bits per heavy atom. The second kappa shape index (κ2) is 6.50. The number of anilines is 1. The number of aryl methyl sites for hydroxylation is 1. The molecule has 1 fully saturated rings. The van der Waals surface area contributed by atoms with Crippen molar-refractivity contribution in [3.05, 3.63) is 41.2 Å². The van der Waals surface area contributed by atoms with E-state index in [0.717, 1.165) is 18.8 Å². The Balaban J connectivity index is 1.66. The van der Waals surface area contributed by atoms with Crippen molar-refractivity contribution in [3.63, 3.8) is 0 Å². The molecular formula is C16H19ClN4O2. The molecule has 0 atom stereocenters. The van der Waals surface area contributed by atoms with Gasteiger partial charge in [-0.15, -0.1) is 0 Å². The lowest BCUT2D eigenvalue weighted by atomic mass is 10.1. The highest BCUT2D eigenvalue weighted by Crippen LogP contribution is 2.26. The van der Waals surface area contributed by atoms with Crippen LogP contribution in [-0.4, -0.2) is 53.9 Å². The number of carbonyl (C=O) groups excluding carboxylic acids is 1. The molecule has 7 heteroatoms. The molecule has 0 saturated carbocycles. The third kappa shape index (κ3) is 3.27. The third-order valence-electron chi connectivity index (χ3n) is 4.02. The molecule has 1 aromatic heterocycles. The van der Waals surface area contributed by atoms with Crippen LogP contribution in [0, 0.1) is 0 Å². The van der Waals surface area contributed by atoms with Crippen molar-refractivity contribution in [2.45, 2.75) is 0 Å². The van der Waals surface area contributed by atoms with Crippen LogP contribution in [0.25, 0.3) is 0 Å². The first kappa shape index (κ1) is 15.7. The molecule has 1 saturated heterocycles. The summed E-state index contributed by atoms with van der Waals surface area (Å²) in [6.45, 7) is 2.95. The standard InChI is InChI=1S/C16H19ClN4O2/c1-19-11-13(10-18-19)20-5-7-21(8-6-20)16(22)12-3-4-14(17)15(9-12)23-2/h3-4,9-11H,5-8H2,1-2H3. The Hall–Kier alpha value is -2.21.